The van der Waals surface area contributed by atoms with E-state index < -0.39 is 0 Å². The third-order valence-electron chi connectivity index (χ3n) is 4.09. The minimum atomic E-state index is -0.323. The molecule has 2 amide bonds. The van der Waals surface area contributed by atoms with E-state index >= 15 is 0 Å². The van der Waals surface area contributed by atoms with E-state index in [0.717, 1.165) is 5.56 Å². The molecule has 1 aliphatic heterocycles. The van der Waals surface area contributed by atoms with Crippen LogP contribution in [0.25, 0.3) is 6.08 Å². The molecule has 0 bridgehead atoms. The number of hydrogen-bond donors (Lipinski definition) is 0. The monoisotopic (exact) mass is 376 g/mol. The molecular formula is C20H28N2O5. The second-order valence-electron chi connectivity index (χ2n) is 6.42. The SMILES string of the molecule is CCOC(=O)N1CCN(C(=O)C=Cc2ccc(OC(C)C)c(OC)c2)CC1. The van der Waals surface area contributed by atoms with E-state index in [9.17, 15) is 9.59 Å². The maximum absolute atomic E-state index is 12.4. The lowest BCUT2D eigenvalue weighted by Crippen LogP contribution is -2.50. The average molecular weight is 376 g/mol. The van der Waals surface area contributed by atoms with Crippen LogP contribution >= 0.6 is 0 Å². The summed E-state index contributed by atoms with van der Waals surface area (Å²) in [5.74, 6) is 1.22. The van der Waals surface area contributed by atoms with E-state index in [0.29, 0.717) is 44.3 Å². The number of piperazine rings is 1. The van der Waals surface area contributed by atoms with Gasteiger partial charge in [-0.2, -0.15) is 0 Å². The molecule has 7 heteroatoms. The maximum Gasteiger partial charge on any atom is 0.409 e. The Labute approximate surface area is 160 Å². The van der Waals surface area contributed by atoms with E-state index in [-0.39, 0.29) is 18.1 Å². The van der Waals surface area contributed by atoms with Crippen LogP contribution in [-0.2, 0) is 9.53 Å². The zero-order valence-corrected chi connectivity index (χ0v) is 16.4. The van der Waals surface area contributed by atoms with Gasteiger partial charge in [0.05, 0.1) is 19.8 Å². The Morgan fingerprint density at radius 2 is 1.78 bits per heavy atom. The minimum Gasteiger partial charge on any atom is -0.493 e. The molecule has 148 valence electrons. The van der Waals surface area contributed by atoms with Gasteiger partial charge in [0.2, 0.25) is 5.91 Å². The summed E-state index contributed by atoms with van der Waals surface area (Å²) in [6, 6.07) is 5.55. The summed E-state index contributed by atoms with van der Waals surface area (Å²) >= 11 is 0. The Bertz CT molecular complexity index is 679. The van der Waals surface area contributed by atoms with Gasteiger partial charge in [-0.1, -0.05) is 6.07 Å². The van der Waals surface area contributed by atoms with E-state index in [2.05, 4.69) is 0 Å². The summed E-state index contributed by atoms with van der Waals surface area (Å²) < 4.78 is 16.0. The van der Waals surface area contributed by atoms with Crippen molar-refractivity contribution in [2.45, 2.75) is 26.9 Å². The predicted molar refractivity (Wildman–Crippen MR) is 103 cm³/mol. The summed E-state index contributed by atoms with van der Waals surface area (Å²) in [6.07, 6.45) is 3.02. The van der Waals surface area contributed by atoms with E-state index in [1.165, 1.54) is 6.08 Å². The van der Waals surface area contributed by atoms with Gasteiger partial charge < -0.3 is 24.0 Å². The molecule has 1 saturated heterocycles. The molecule has 1 heterocycles. The Morgan fingerprint density at radius 3 is 2.37 bits per heavy atom. The molecule has 1 aliphatic rings. The topological polar surface area (TPSA) is 68.3 Å². The molecule has 0 aromatic heterocycles. The average Bonchev–Trinajstić information content (AvgIpc) is 2.66. The quantitative estimate of drug-likeness (QED) is 0.714. The second kappa shape index (κ2) is 9.85. The molecule has 0 unspecified atom stereocenters. The maximum atomic E-state index is 12.4. The van der Waals surface area contributed by atoms with Crippen LogP contribution in [0.3, 0.4) is 0 Å². The largest absolute Gasteiger partial charge is 0.493 e. The van der Waals surface area contributed by atoms with Crippen LogP contribution in [0.2, 0.25) is 0 Å². The van der Waals surface area contributed by atoms with Crippen LogP contribution in [0.4, 0.5) is 4.79 Å². The van der Waals surface area contributed by atoms with Gasteiger partial charge in [0.25, 0.3) is 0 Å². The Morgan fingerprint density at radius 1 is 1.11 bits per heavy atom. The molecular weight excluding hydrogens is 348 g/mol. The summed E-state index contributed by atoms with van der Waals surface area (Å²) in [6.45, 7) is 7.98. The number of rotatable bonds is 6. The summed E-state index contributed by atoms with van der Waals surface area (Å²) in [5, 5.41) is 0. The van der Waals surface area contributed by atoms with Gasteiger partial charge in [0, 0.05) is 32.3 Å². The van der Waals surface area contributed by atoms with Crippen molar-refractivity contribution in [1.82, 2.24) is 9.80 Å². The first-order valence-corrected chi connectivity index (χ1v) is 9.18. The van der Waals surface area contributed by atoms with Crippen molar-refractivity contribution in [2.75, 3.05) is 39.9 Å². The molecule has 0 saturated carbocycles. The van der Waals surface area contributed by atoms with Crippen LogP contribution in [0.5, 0.6) is 11.5 Å². The molecule has 1 aromatic rings. The highest BCUT2D eigenvalue weighted by atomic mass is 16.6. The van der Waals surface area contributed by atoms with Crippen LogP contribution in [0, 0.1) is 0 Å². The number of amides is 2. The van der Waals surface area contributed by atoms with Crippen LogP contribution < -0.4 is 9.47 Å². The van der Waals surface area contributed by atoms with Crippen molar-refractivity contribution < 1.29 is 23.8 Å². The van der Waals surface area contributed by atoms with Crippen molar-refractivity contribution in [3.8, 4) is 11.5 Å². The first-order valence-electron chi connectivity index (χ1n) is 9.18. The molecule has 1 aromatic carbocycles. The van der Waals surface area contributed by atoms with Crippen molar-refractivity contribution in [3.63, 3.8) is 0 Å². The Kier molecular flexibility index (Phi) is 7.52. The van der Waals surface area contributed by atoms with Crippen LogP contribution in [0.1, 0.15) is 26.3 Å². The first-order chi connectivity index (χ1) is 12.9. The number of methoxy groups -OCH3 is 1. The van der Waals surface area contributed by atoms with Gasteiger partial charge in [-0.05, 0) is 44.5 Å². The third-order valence-corrected chi connectivity index (χ3v) is 4.09. The first kappa shape index (κ1) is 20.6. The van der Waals surface area contributed by atoms with Crippen LogP contribution in [0.15, 0.2) is 24.3 Å². The number of ether oxygens (including phenoxy) is 3. The smallest absolute Gasteiger partial charge is 0.409 e. The summed E-state index contributed by atoms with van der Waals surface area (Å²) in [7, 11) is 1.59. The van der Waals surface area contributed by atoms with E-state index in [1.807, 2.05) is 32.0 Å². The lowest BCUT2D eigenvalue weighted by molar-refractivity contribution is -0.127. The lowest BCUT2D eigenvalue weighted by Gasteiger charge is -2.33. The normalized spacial score (nSPS) is 14.6. The molecule has 0 aliphatic carbocycles. The van der Waals surface area contributed by atoms with Crippen LogP contribution in [-0.4, -0.2) is 67.8 Å². The number of benzene rings is 1. The molecule has 27 heavy (non-hydrogen) atoms. The van der Waals surface area contributed by atoms with E-state index in [4.69, 9.17) is 14.2 Å². The standard InChI is InChI=1S/C20H28N2O5/c1-5-26-20(24)22-12-10-21(11-13-22)19(23)9-7-16-6-8-17(27-15(2)3)18(14-16)25-4/h6-9,14-15H,5,10-13H2,1-4H3. The molecule has 1 fully saturated rings. The molecule has 0 atom stereocenters. The number of nitrogens with zero attached hydrogens (tertiary/aromatic N) is 2. The fourth-order valence-corrected chi connectivity index (χ4v) is 2.74. The zero-order valence-electron chi connectivity index (χ0n) is 16.4. The lowest BCUT2D eigenvalue weighted by atomic mass is 10.1. The molecule has 0 spiro atoms. The van der Waals surface area contributed by atoms with Crippen molar-refractivity contribution in [3.05, 3.63) is 29.8 Å². The van der Waals surface area contributed by atoms with Crippen molar-refractivity contribution >= 4 is 18.1 Å². The highest BCUT2D eigenvalue weighted by Gasteiger charge is 2.23. The Hall–Kier alpha value is -2.70. The summed E-state index contributed by atoms with van der Waals surface area (Å²) in [5.41, 5.74) is 0.849. The van der Waals surface area contributed by atoms with E-state index in [1.54, 1.807) is 29.9 Å². The number of carbonyl (C=O) groups excluding carboxylic acids is 2. The number of hydrogen-bond acceptors (Lipinski definition) is 5. The van der Waals surface area contributed by atoms with Gasteiger partial charge in [-0.15, -0.1) is 0 Å². The number of carbonyl (C=O) groups is 2. The van der Waals surface area contributed by atoms with Gasteiger partial charge >= 0.3 is 6.09 Å². The van der Waals surface area contributed by atoms with Crippen molar-refractivity contribution in [1.29, 1.82) is 0 Å². The molecule has 7 nitrogen and oxygen atoms in total. The minimum absolute atomic E-state index is 0.0511. The van der Waals surface area contributed by atoms with Gasteiger partial charge in [0.1, 0.15) is 0 Å². The molecule has 0 N–H and O–H groups in total. The zero-order chi connectivity index (χ0) is 19.8. The van der Waals surface area contributed by atoms with Gasteiger partial charge in [-0.25, -0.2) is 4.79 Å². The Balaban J connectivity index is 1.94. The highest BCUT2D eigenvalue weighted by molar-refractivity contribution is 5.92. The third kappa shape index (κ3) is 5.91. The van der Waals surface area contributed by atoms with Gasteiger partial charge in [-0.3, -0.25) is 4.79 Å². The van der Waals surface area contributed by atoms with Crippen molar-refractivity contribution in [2.24, 2.45) is 0 Å². The molecule has 2 rings (SSSR count). The fourth-order valence-electron chi connectivity index (χ4n) is 2.74. The summed E-state index contributed by atoms with van der Waals surface area (Å²) in [4.78, 5) is 27.4. The molecule has 0 radical (unpaired) electrons. The highest BCUT2D eigenvalue weighted by Crippen LogP contribution is 2.29. The predicted octanol–water partition coefficient (Wildman–Crippen LogP) is 2.80. The van der Waals surface area contributed by atoms with Gasteiger partial charge in [0.15, 0.2) is 11.5 Å². The fraction of sp³-hybridized carbons (Fsp3) is 0.500. The second-order valence-corrected chi connectivity index (χ2v) is 6.42.